The van der Waals surface area contributed by atoms with Crippen LogP contribution in [0.25, 0.3) is 0 Å². The first-order valence-corrected chi connectivity index (χ1v) is 20.2. The Morgan fingerprint density at radius 2 is 1.47 bits per heavy atom. The predicted octanol–water partition coefficient (Wildman–Crippen LogP) is 13.0. The molecule has 0 aromatic carbocycles. The normalized spacial score (nSPS) is 30.3. The van der Waals surface area contributed by atoms with Crippen molar-refractivity contribution in [2.75, 3.05) is 0 Å². The third-order valence-corrected chi connectivity index (χ3v) is 12.6. The number of rotatable bonds is 20. The van der Waals surface area contributed by atoms with Crippen molar-refractivity contribution in [3.8, 4) is 0 Å². The van der Waals surface area contributed by atoms with Gasteiger partial charge in [-0.05, 0) is 131 Å². The van der Waals surface area contributed by atoms with E-state index in [0.29, 0.717) is 6.42 Å². The summed E-state index contributed by atoms with van der Waals surface area (Å²) in [7, 11) is 0. The van der Waals surface area contributed by atoms with Crippen LogP contribution in [0.4, 0.5) is 0 Å². The Morgan fingerprint density at radius 1 is 0.756 bits per heavy atom. The summed E-state index contributed by atoms with van der Waals surface area (Å²) in [5.41, 5.74) is 1.66. The number of carbonyl (C=O) groups is 1. The largest absolute Gasteiger partial charge is 0.462 e. The van der Waals surface area contributed by atoms with Gasteiger partial charge in [0.15, 0.2) is 0 Å². The first kappa shape index (κ1) is 36.5. The molecule has 0 radical (unpaired) electrons. The van der Waals surface area contributed by atoms with Crippen LogP contribution in [0.1, 0.15) is 175 Å². The zero-order chi connectivity index (χ0) is 31.9. The lowest BCUT2D eigenvalue weighted by atomic mass is 9.56. The maximum absolute atomic E-state index is 12.7. The Bertz CT molecular complexity index is 926. The number of unbranched alkanes of at least 4 members (excludes halogenated alkanes) is 8. The maximum atomic E-state index is 12.7. The van der Waals surface area contributed by atoms with E-state index in [-0.39, 0.29) is 12.1 Å². The second-order valence-corrected chi connectivity index (χ2v) is 16.3. The number of hydrogen-bond acceptors (Lipinski definition) is 2. The summed E-state index contributed by atoms with van der Waals surface area (Å²) >= 11 is 0. The molecule has 0 saturated heterocycles. The standard InChI is InChI=1S/C43H72O2/c1-5-6-7-8-9-10-11-12-13-14-15-16-17-18-19-23-43(44)45-36-25-27-38-35(32-36)24-26-41-40(38)31-30-39-37(28-29-42(39)41)34(4)22-20-21-33(2)3/h9-10,12-13,24,33-34,36-42H,5-8,11,14-23,25-32H2,1-4H3. The number of allylic oxidation sites excluding steroid dienone is 5. The second kappa shape index (κ2) is 20.1. The Hall–Kier alpha value is -1.31. The minimum Gasteiger partial charge on any atom is -0.462 e. The van der Waals surface area contributed by atoms with Gasteiger partial charge in [-0.3, -0.25) is 4.79 Å². The molecule has 0 bridgehead atoms. The van der Waals surface area contributed by atoms with Crippen LogP contribution in [-0.4, -0.2) is 12.1 Å². The van der Waals surface area contributed by atoms with Gasteiger partial charge in [0, 0.05) is 12.8 Å². The average Bonchev–Trinajstić information content (AvgIpc) is 3.47. The molecule has 0 heterocycles. The molecule has 2 nitrogen and oxygen atoms in total. The summed E-state index contributed by atoms with van der Waals surface area (Å²) in [6.45, 7) is 9.59. The topological polar surface area (TPSA) is 26.3 Å². The summed E-state index contributed by atoms with van der Waals surface area (Å²) < 4.78 is 6.06. The third kappa shape index (κ3) is 11.7. The maximum Gasteiger partial charge on any atom is 0.306 e. The summed E-state index contributed by atoms with van der Waals surface area (Å²) in [5, 5.41) is 0. The third-order valence-electron chi connectivity index (χ3n) is 12.6. The quantitative estimate of drug-likeness (QED) is 0.0769. The minimum absolute atomic E-state index is 0.0541. The van der Waals surface area contributed by atoms with Gasteiger partial charge in [-0.1, -0.05) is 115 Å². The molecule has 8 atom stereocenters. The van der Waals surface area contributed by atoms with Crippen molar-refractivity contribution < 1.29 is 9.53 Å². The van der Waals surface area contributed by atoms with E-state index in [2.05, 4.69) is 58.1 Å². The minimum atomic E-state index is 0.0541. The van der Waals surface area contributed by atoms with Gasteiger partial charge >= 0.3 is 5.97 Å². The molecule has 0 spiro atoms. The van der Waals surface area contributed by atoms with Crippen LogP contribution in [0.3, 0.4) is 0 Å². The molecular formula is C43H72O2. The highest BCUT2D eigenvalue weighted by Crippen LogP contribution is 2.59. The molecule has 3 fully saturated rings. The van der Waals surface area contributed by atoms with Crippen LogP contribution in [0, 0.1) is 47.3 Å². The SMILES string of the molecule is CCCCCC=CCC=CCCCCCCCC(=O)OC1CCC2C(=CCC3C2CCC2C(C(C)CCCC(C)C)CCC23)C1. The van der Waals surface area contributed by atoms with E-state index in [1.54, 1.807) is 5.57 Å². The zero-order valence-corrected chi connectivity index (χ0v) is 30.2. The van der Waals surface area contributed by atoms with Crippen molar-refractivity contribution in [2.45, 2.75) is 181 Å². The van der Waals surface area contributed by atoms with Crippen LogP contribution in [-0.2, 0) is 9.53 Å². The number of carbonyl (C=O) groups excluding carboxylic acids is 1. The molecule has 4 rings (SSSR count). The first-order valence-electron chi connectivity index (χ1n) is 20.2. The second-order valence-electron chi connectivity index (χ2n) is 16.3. The van der Waals surface area contributed by atoms with E-state index in [9.17, 15) is 4.79 Å². The van der Waals surface area contributed by atoms with Crippen molar-refractivity contribution in [2.24, 2.45) is 47.3 Å². The Labute approximate surface area is 279 Å². The summed E-state index contributed by atoms with van der Waals surface area (Å²) in [4.78, 5) is 12.7. The molecule has 4 aliphatic carbocycles. The molecule has 256 valence electrons. The number of ether oxygens (including phenoxy) is 1. The van der Waals surface area contributed by atoms with Gasteiger partial charge < -0.3 is 4.74 Å². The molecule has 2 heteroatoms. The molecule has 8 unspecified atom stereocenters. The fourth-order valence-corrected chi connectivity index (χ4v) is 10.1. The lowest BCUT2D eigenvalue weighted by Crippen LogP contribution is -2.42. The van der Waals surface area contributed by atoms with E-state index >= 15 is 0 Å². The Morgan fingerprint density at radius 3 is 2.24 bits per heavy atom. The Kier molecular flexibility index (Phi) is 16.4. The molecule has 0 aromatic rings. The van der Waals surface area contributed by atoms with Crippen LogP contribution in [0.5, 0.6) is 0 Å². The molecule has 0 N–H and O–H groups in total. The fourth-order valence-electron chi connectivity index (χ4n) is 10.1. The molecule has 0 amide bonds. The van der Waals surface area contributed by atoms with Gasteiger partial charge in [-0.15, -0.1) is 0 Å². The van der Waals surface area contributed by atoms with Gasteiger partial charge in [0.05, 0.1) is 0 Å². The first-order chi connectivity index (χ1) is 22.0. The van der Waals surface area contributed by atoms with E-state index in [1.165, 1.54) is 109 Å². The van der Waals surface area contributed by atoms with E-state index < -0.39 is 0 Å². The highest BCUT2D eigenvalue weighted by Gasteiger charge is 2.50. The van der Waals surface area contributed by atoms with Crippen LogP contribution < -0.4 is 0 Å². The lowest BCUT2D eigenvalue weighted by molar-refractivity contribution is -0.150. The summed E-state index contributed by atoms with van der Waals surface area (Å²) in [6, 6.07) is 0. The molecule has 3 saturated carbocycles. The van der Waals surface area contributed by atoms with Crippen molar-refractivity contribution in [3.63, 3.8) is 0 Å². The Balaban J connectivity index is 1.07. The summed E-state index contributed by atoms with van der Waals surface area (Å²) in [6.07, 6.45) is 40.9. The lowest BCUT2D eigenvalue weighted by Gasteiger charge is -2.50. The average molecular weight is 621 g/mol. The molecule has 0 aliphatic heterocycles. The summed E-state index contributed by atoms with van der Waals surface area (Å²) in [5.74, 6) is 7.42. The zero-order valence-electron chi connectivity index (χ0n) is 30.2. The number of esters is 1. The molecule has 4 aliphatic rings. The predicted molar refractivity (Wildman–Crippen MR) is 193 cm³/mol. The van der Waals surface area contributed by atoms with Crippen molar-refractivity contribution in [3.05, 3.63) is 36.0 Å². The number of fused-ring (bicyclic) bond motifs is 5. The highest BCUT2D eigenvalue weighted by atomic mass is 16.5. The van der Waals surface area contributed by atoms with Crippen LogP contribution in [0.2, 0.25) is 0 Å². The van der Waals surface area contributed by atoms with Gasteiger partial charge in [0.2, 0.25) is 0 Å². The monoisotopic (exact) mass is 621 g/mol. The van der Waals surface area contributed by atoms with Crippen molar-refractivity contribution in [1.29, 1.82) is 0 Å². The molecular weight excluding hydrogens is 548 g/mol. The smallest absolute Gasteiger partial charge is 0.306 e. The number of hydrogen-bond donors (Lipinski definition) is 0. The molecule has 0 aromatic heterocycles. The van der Waals surface area contributed by atoms with Crippen molar-refractivity contribution in [1.82, 2.24) is 0 Å². The van der Waals surface area contributed by atoms with E-state index in [0.717, 1.165) is 79.4 Å². The van der Waals surface area contributed by atoms with Crippen LogP contribution >= 0.6 is 0 Å². The van der Waals surface area contributed by atoms with Gasteiger partial charge in [0.25, 0.3) is 0 Å². The van der Waals surface area contributed by atoms with Gasteiger partial charge in [-0.25, -0.2) is 0 Å². The molecule has 45 heavy (non-hydrogen) atoms. The van der Waals surface area contributed by atoms with Gasteiger partial charge in [-0.2, -0.15) is 0 Å². The van der Waals surface area contributed by atoms with E-state index in [1.807, 2.05) is 0 Å². The highest BCUT2D eigenvalue weighted by molar-refractivity contribution is 5.69. The fraction of sp³-hybridized carbons (Fsp3) is 0.837. The van der Waals surface area contributed by atoms with E-state index in [4.69, 9.17) is 4.74 Å². The van der Waals surface area contributed by atoms with Crippen molar-refractivity contribution >= 4 is 5.97 Å². The van der Waals surface area contributed by atoms with Gasteiger partial charge in [0.1, 0.15) is 6.10 Å². The van der Waals surface area contributed by atoms with Crippen LogP contribution in [0.15, 0.2) is 36.0 Å².